The predicted octanol–water partition coefficient (Wildman–Crippen LogP) is 2.36. The number of carbonyl (C=O) groups excluding carboxylic acids is 1. The number of carbonyl (C=O) groups is 1. The molecule has 0 heterocycles. The summed E-state index contributed by atoms with van der Waals surface area (Å²) >= 11 is 0. The highest BCUT2D eigenvalue weighted by Crippen LogP contribution is 2.14. The van der Waals surface area contributed by atoms with Crippen LogP contribution in [-0.4, -0.2) is 19.1 Å². The Hall–Kier alpha value is -1.36. The molecule has 16 heavy (non-hydrogen) atoms. The van der Waals surface area contributed by atoms with Crippen LogP contribution in [0.25, 0.3) is 0 Å². The zero-order valence-corrected chi connectivity index (χ0v) is 9.61. The first-order chi connectivity index (χ1) is 7.04. The standard InChI is InChI=1S/C10H11F2NO2.ClH/c1-6(10(14)15-2)13-7-3-4-8(11)9(12)5-7;/h3-6,13H,1-2H3;1H/t6-;/m1./s1. The third-order valence-corrected chi connectivity index (χ3v) is 1.86. The molecule has 6 heteroatoms. The quantitative estimate of drug-likeness (QED) is 0.838. The van der Waals surface area contributed by atoms with Crippen molar-refractivity contribution < 1.29 is 18.3 Å². The van der Waals surface area contributed by atoms with Crippen LogP contribution in [0, 0.1) is 11.6 Å². The van der Waals surface area contributed by atoms with E-state index in [0.29, 0.717) is 5.69 Å². The number of esters is 1. The summed E-state index contributed by atoms with van der Waals surface area (Å²) in [6.07, 6.45) is 0. The molecule has 0 fully saturated rings. The summed E-state index contributed by atoms with van der Waals surface area (Å²) in [6, 6.07) is 2.70. The number of benzene rings is 1. The lowest BCUT2D eigenvalue weighted by Crippen LogP contribution is -2.27. The Morgan fingerprint density at radius 3 is 2.50 bits per heavy atom. The minimum absolute atomic E-state index is 0. The molecule has 0 aliphatic heterocycles. The molecule has 0 aliphatic carbocycles. The van der Waals surface area contributed by atoms with Crippen LogP contribution >= 0.6 is 12.4 Å². The van der Waals surface area contributed by atoms with Gasteiger partial charge in [0.05, 0.1) is 7.11 Å². The van der Waals surface area contributed by atoms with Gasteiger partial charge in [-0.3, -0.25) is 0 Å². The maximum absolute atomic E-state index is 12.8. The van der Waals surface area contributed by atoms with E-state index in [0.717, 1.165) is 12.1 Å². The van der Waals surface area contributed by atoms with Crippen molar-refractivity contribution in [3.63, 3.8) is 0 Å². The van der Waals surface area contributed by atoms with Gasteiger partial charge in [-0.05, 0) is 19.1 Å². The van der Waals surface area contributed by atoms with Crippen LogP contribution in [0.2, 0.25) is 0 Å². The topological polar surface area (TPSA) is 38.3 Å². The van der Waals surface area contributed by atoms with E-state index >= 15 is 0 Å². The molecule has 0 saturated heterocycles. The largest absolute Gasteiger partial charge is 0.467 e. The van der Waals surface area contributed by atoms with Gasteiger partial charge in [0.15, 0.2) is 11.6 Å². The minimum Gasteiger partial charge on any atom is -0.467 e. The Labute approximate surface area is 98.2 Å². The lowest BCUT2D eigenvalue weighted by atomic mass is 10.2. The first kappa shape index (κ1) is 14.6. The van der Waals surface area contributed by atoms with E-state index in [9.17, 15) is 13.6 Å². The lowest BCUT2D eigenvalue weighted by molar-refractivity contribution is -0.141. The molecule has 1 N–H and O–H groups in total. The van der Waals surface area contributed by atoms with Crippen molar-refractivity contribution in [1.29, 1.82) is 0 Å². The van der Waals surface area contributed by atoms with E-state index in [-0.39, 0.29) is 12.4 Å². The van der Waals surface area contributed by atoms with Crippen LogP contribution in [0.3, 0.4) is 0 Å². The number of rotatable bonds is 3. The maximum Gasteiger partial charge on any atom is 0.327 e. The second-order valence-electron chi connectivity index (χ2n) is 3.02. The molecule has 1 aromatic carbocycles. The molecule has 0 spiro atoms. The Morgan fingerprint density at radius 1 is 1.38 bits per heavy atom. The van der Waals surface area contributed by atoms with Gasteiger partial charge < -0.3 is 10.1 Å². The molecular weight excluding hydrogens is 240 g/mol. The summed E-state index contributed by atoms with van der Waals surface area (Å²) in [7, 11) is 1.26. The van der Waals surface area contributed by atoms with Crippen molar-refractivity contribution in [3.8, 4) is 0 Å². The van der Waals surface area contributed by atoms with E-state index in [1.165, 1.54) is 13.2 Å². The number of anilines is 1. The van der Waals surface area contributed by atoms with Crippen LogP contribution in [-0.2, 0) is 9.53 Å². The minimum atomic E-state index is -0.961. The summed E-state index contributed by atoms with van der Waals surface area (Å²) in [5.74, 6) is -2.36. The molecule has 0 saturated carbocycles. The van der Waals surface area contributed by atoms with Gasteiger partial charge >= 0.3 is 5.97 Å². The van der Waals surface area contributed by atoms with Crippen LogP contribution in [0.1, 0.15) is 6.92 Å². The highest BCUT2D eigenvalue weighted by Gasteiger charge is 2.13. The molecule has 0 radical (unpaired) electrons. The lowest BCUT2D eigenvalue weighted by Gasteiger charge is -2.12. The fraction of sp³-hybridized carbons (Fsp3) is 0.300. The Kier molecular flexibility index (Phi) is 5.74. The number of methoxy groups -OCH3 is 1. The van der Waals surface area contributed by atoms with E-state index in [4.69, 9.17) is 0 Å². The van der Waals surface area contributed by atoms with E-state index in [2.05, 4.69) is 10.1 Å². The Balaban J connectivity index is 0.00000225. The predicted molar refractivity (Wildman–Crippen MR) is 58.7 cm³/mol. The van der Waals surface area contributed by atoms with Crippen LogP contribution < -0.4 is 5.32 Å². The molecule has 90 valence electrons. The second-order valence-corrected chi connectivity index (χ2v) is 3.02. The molecule has 1 rings (SSSR count). The van der Waals surface area contributed by atoms with Gasteiger partial charge in [0.1, 0.15) is 6.04 Å². The average Bonchev–Trinajstić information content (AvgIpc) is 2.22. The zero-order chi connectivity index (χ0) is 11.4. The van der Waals surface area contributed by atoms with Crippen molar-refractivity contribution in [1.82, 2.24) is 0 Å². The third kappa shape index (κ3) is 3.66. The number of nitrogens with one attached hydrogen (secondary N) is 1. The molecular formula is C10H12ClF2NO2. The molecule has 3 nitrogen and oxygen atoms in total. The average molecular weight is 252 g/mol. The van der Waals surface area contributed by atoms with Crippen molar-refractivity contribution in [2.75, 3.05) is 12.4 Å². The summed E-state index contributed by atoms with van der Waals surface area (Å²) < 4.78 is 29.8. The summed E-state index contributed by atoms with van der Waals surface area (Å²) in [6.45, 7) is 1.56. The monoisotopic (exact) mass is 251 g/mol. The molecule has 1 atom stereocenters. The van der Waals surface area contributed by atoms with Crippen molar-refractivity contribution >= 4 is 24.1 Å². The molecule has 0 unspecified atom stereocenters. The molecule has 0 bridgehead atoms. The van der Waals surface area contributed by atoms with Gasteiger partial charge in [0, 0.05) is 11.8 Å². The van der Waals surface area contributed by atoms with E-state index in [1.807, 2.05) is 0 Å². The SMILES string of the molecule is COC(=O)[C@@H](C)Nc1ccc(F)c(F)c1.Cl. The highest BCUT2D eigenvalue weighted by molar-refractivity contribution is 5.85. The maximum atomic E-state index is 12.8. The summed E-state index contributed by atoms with van der Waals surface area (Å²) in [5, 5.41) is 2.68. The van der Waals surface area contributed by atoms with Gasteiger partial charge in [-0.2, -0.15) is 0 Å². The van der Waals surface area contributed by atoms with Crippen molar-refractivity contribution in [3.05, 3.63) is 29.8 Å². The fourth-order valence-corrected chi connectivity index (χ4v) is 1.07. The Bertz CT molecular complexity index is 374. The van der Waals surface area contributed by atoms with Crippen LogP contribution in [0.15, 0.2) is 18.2 Å². The van der Waals surface area contributed by atoms with Gasteiger partial charge in [0.25, 0.3) is 0 Å². The van der Waals surface area contributed by atoms with Gasteiger partial charge in [-0.25, -0.2) is 13.6 Å². The van der Waals surface area contributed by atoms with Crippen LogP contribution in [0.4, 0.5) is 14.5 Å². The Morgan fingerprint density at radius 2 is 2.00 bits per heavy atom. The normalized spacial score (nSPS) is 11.2. The fourth-order valence-electron chi connectivity index (χ4n) is 1.07. The smallest absolute Gasteiger partial charge is 0.327 e. The molecule has 0 aliphatic rings. The summed E-state index contributed by atoms with van der Waals surface area (Å²) in [5.41, 5.74) is 0.326. The third-order valence-electron chi connectivity index (χ3n) is 1.86. The number of hydrogen-bond donors (Lipinski definition) is 1. The molecule has 1 aromatic rings. The van der Waals surface area contributed by atoms with E-state index < -0.39 is 23.6 Å². The van der Waals surface area contributed by atoms with E-state index in [1.54, 1.807) is 6.92 Å². The van der Waals surface area contributed by atoms with Gasteiger partial charge in [0.2, 0.25) is 0 Å². The van der Waals surface area contributed by atoms with Crippen molar-refractivity contribution in [2.45, 2.75) is 13.0 Å². The zero-order valence-electron chi connectivity index (χ0n) is 8.79. The second kappa shape index (κ2) is 6.27. The number of hydrogen-bond acceptors (Lipinski definition) is 3. The van der Waals surface area contributed by atoms with Gasteiger partial charge in [-0.15, -0.1) is 12.4 Å². The molecule has 0 aromatic heterocycles. The first-order valence-corrected chi connectivity index (χ1v) is 4.34. The van der Waals surface area contributed by atoms with Crippen LogP contribution in [0.5, 0.6) is 0 Å². The van der Waals surface area contributed by atoms with Crippen molar-refractivity contribution in [2.24, 2.45) is 0 Å². The highest BCUT2D eigenvalue weighted by atomic mass is 35.5. The first-order valence-electron chi connectivity index (χ1n) is 4.34. The summed E-state index contributed by atoms with van der Waals surface area (Å²) in [4.78, 5) is 11.0. The number of halogens is 3. The number of ether oxygens (including phenoxy) is 1. The molecule has 0 amide bonds. The van der Waals surface area contributed by atoms with Gasteiger partial charge in [-0.1, -0.05) is 0 Å².